The lowest BCUT2D eigenvalue weighted by molar-refractivity contribution is -0.391. The molecule has 3 rings (SSSR count). The standard InChI is InChI=1S/C14H11N7O3/c1-19-11(21(22)23)8-17-14(19)12-10(6-15)13(20(2)18-12)16-7-9-4-3-5-24-9/h3-5,7-8H,1-2H3. The van der Waals surface area contributed by atoms with Gasteiger partial charge in [-0.05, 0) is 17.1 Å². The first kappa shape index (κ1) is 15.2. The van der Waals surface area contributed by atoms with Crippen molar-refractivity contribution in [3.05, 3.63) is 46.0 Å². The SMILES string of the molecule is Cn1nc(-c2ncc([N+](=O)[O-])n2C)c(C#N)c1N=Cc1ccco1. The maximum Gasteiger partial charge on any atom is 0.342 e. The van der Waals surface area contributed by atoms with E-state index in [0.29, 0.717) is 11.6 Å². The molecule has 10 nitrogen and oxygen atoms in total. The number of rotatable bonds is 4. The Kier molecular flexibility index (Phi) is 3.67. The van der Waals surface area contributed by atoms with Crippen LogP contribution < -0.4 is 0 Å². The number of aromatic nitrogens is 4. The summed E-state index contributed by atoms with van der Waals surface area (Å²) in [5.41, 5.74) is 0.395. The molecule has 120 valence electrons. The minimum absolute atomic E-state index is 0.170. The second-order valence-corrected chi connectivity index (χ2v) is 4.81. The van der Waals surface area contributed by atoms with Gasteiger partial charge in [0.05, 0.1) is 19.5 Å². The highest BCUT2D eigenvalue weighted by Gasteiger charge is 2.26. The first-order valence-corrected chi connectivity index (χ1v) is 6.74. The number of furan rings is 1. The quantitative estimate of drug-likeness (QED) is 0.409. The molecule has 3 aromatic heterocycles. The Morgan fingerprint density at radius 3 is 2.88 bits per heavy atom. The smallest absolute Gasteiger partial charge is 0.342 e. The molecule has 0 fully saturated rings. The van der Waals surface area contributed by atoms with Gasteiger partial charge in [-0.25, -0.2) is 19.2 Å². The zero-order valence-corrected chi connectivity index (χ0v) is 12.7. The molecule has 0 bridgehead atoms. The minimum Gasteiger partial charge on any atom is -0.463 e. The van der Waals surface area contributed by atoms with Gasteiger partial charge in [-0.3, -0.25) is 0 Å². The summed E-state index contributed by atoms with van der Waals surface area (Å²) in [7, 11) is 3.11. The van der Waals surface area contributed by atoms with Crippen LogP contribution in [0.4, 0.5) is 11.6 Å². The third-order valence-electron chi connectivity index (χ3n) is 3.35. The Labute approximate surface area is 135 Å². The molecule has 24 heavy (non-hydrogen) atoms. The first-order valence-electron chi connectivity index (χ1n) is 6.74. The van der Waals surface area contributed by atoms with E-state index >= 15 is 0 Å². The van der Waals surface area contributed by atoms with Crippen molar-refractivity contribution in [1.29, 1.82) is 5.26 Å². The highest BCUT2D eigenvalue weighted by molar-refractivity contribution is 5.80. The molecule has 0 aliphatic rings. The van der Waals surface area contributed by atoms with Crippen molar-refractivity contribution in [2.24, 2.45) is 19.1 Å². The average Bonchev–Trinajstić information content (AvgIpc) is 3.24. The van der Waals surface area contributed by atoms with E-state index in [9.17, 15) is 15.4 Å². The predicted molar refractivity (Wildman–Crippen MR) is 82.7 cm³/mol. The van der Waals surface area contributed by atoms with E-state index in [1.54, 1.807) is 19.2 Å². The second kappa shape index (κ2) is 5.81. The summed E-state index contributed by atoms with van der Waals surface area (Å²) < 4.78 is 7.83. The third-order valence-corrected chi connectivity index (χ3v) is 3.35. The van der Waals surface area contributed by atoms with Crippen LogP contribution in [0.5, 0.6) is 0 Å². The fourth-order valence-electron chi connectivity index (χ4n) is 2.20. The van der Waals surface area contributed by atoms with Crippen LogP contribution in [0.2, 0.25) is 0 Å². The molecule has 10 heteroatoms. The number of nitriles is 1. The topological polar surface area (TPSA) is 128 Å². The summed E-state index contributed by atoms with van der Waals surface area (Å²) in [6.45, 7) is 0. The Morgan fingerprint density at radius 1 is 1.50 bits per heavy atom. The van der Waals surface area contributed by atoms with Crippen molar-refractivity contribution < 1.29 is 9.34 Å². The van der Waals surface area contributed by atoms with Crippen LogP contribution in [0.25, 0.3) is 11.5 Å². The molecule has 0 aromatic carbocycles. The van der Waals surface area contributed by atoms with Crippen LogP contribution in [-0.2, 0) is 14.1 Å². The van der Waals surface area contributed by atoms with Crippen LogP contribution in [0, 0.1) is 21.4 Å². The summed E-state index contributed by atoms with van der Waals surface area (Å²) in [5.74, 6) is 0.845. The lowest BCUT2D eigenvalue weighted by atomic mass is 10.2. The van der Waals surface area contributed by atoms with Crippen molar-refractivity contribution in [2.45, 2.75) is 0 Å². The summed E-state index contributed by atoms with van der Waals surface area (Å²) in [6.07, 6.45) is 4.09. The Bertz CT molecular complexity index is 973. The van der Waals surface area contributed by atoms with Gasteiger partial charge in [0.2, 0.25) is 0 Å². The largest absolute Gasteiger partial charge is 0.463 e. The van der Waals surface area contributed by atoms with E-state index in [4.69, 9.17) is 4.42 Å². The van der Waals surface area contributed by atoms with Crippen molar-refractivity contribution >= 4 is 17.9 Å². The first-order chi connectivity index (χ1) is 11.5. The van der Waals surface area contributed by atoms with E-state index < -0.39 is 4.92 Å². The fourth-order valence-corrected chi connectivity index (χ4v) is 2.20. The lowest BCUT2D eigenvalue weighted by Gasteiger charge is -1.96. The van der Waals surface area contributed by atoms with Gasteiger partial charge in [0.25, 0.3) is 5.82 Å². The zero-order valence-electron chi connectivity index (χ0n) is 12.7. The van der Waals surface area contributed by atoms with Crippen molar-refractivity contribution in [1.82, 2.24) is 19.3 Å². The zero-order chi connectivity index (χ0) is 17.3. The Hall–Kier alpha value is -3.74. The molecule has 0 aliphatic heterocycles. The molecule has 0 atom stereocenters. The van der Waals surface area contributed by atoms with Crippen LogP contribution in [-0.4, -0.2) is 30.5 Å². The van der Waals surface area contributed by atoms with E-state index in [1.807, 2.05) is 6.07 Å². The molecule has 0 amide bonds. The van der Waals surface area contributed by atoms with Gasteiger partial charge in [0, 0.05) is 7.05 Å². The van der Waals surface area contributed by atoms with Crippen molar-refractivity contribution in [3.63, 3.8) is 0 Å². The number of aliphatic imine (C=N–C) groups is 1. The molecular formula is C14H11N7O3. The second-order valence-electron chi connectivity index (χ2n) is 4.81. The van der Waals surface area contributed by atoms with Gasteiger partial charge in [-0.15, -0.1) is 0 Å². The van der Waals surface area contributed by atoms with E-state index in [-0.39, 0.29) is 22.9 Å². The predicted octanol–water partition coefficient (Wildman–Crippen LogP) is 1.94. The molecule has 0 unspecified atom stereocenters. The van der Waals surface area contributed by atoms with Gasteiger partial charge in [0.15, 0.2) is 11.5 Å². The highest BCUT2D eigenvalue weighted by Crippen LogP contribution is 2.30. The molecule has 0 N–H and O–H groups in total. The third kappa shape index (κ3) is 2.44. The number of nitrogens with zero attached hydrogens (tertiary/aromatic N) is 7. The van der Waals surface area contributed by atoms with Crippen LogP contribution in [0.1, 0.15) is 11.3 Å². The highest BCUT2D eigenvalue weighted by atomic mass is 16.6. The van der Waals surface area contributed by atoms with E-state index in [0.717, 1.165) is 6.20 Å². The summed E-state index contributed by atoms with van der Waals surface area (Å²) >= 11 is 0. The van der Waals surface area contributed by atoms with Gasteiger partial charge < -0.3 is 14.5 Å². The maximum atomic E-state index is 10.9. The molecular weight excluding hydrogens is 314 g/mol. The van der Waals surface area contributed by atoms with E-state index in [2.05, 4.69) is 15.1 Å². The molecule has 0 radical (unpaired) electrons. The Morgan fingerprint density at radius 2 is 2.29 bits per heavy atom. The normalized spacial score (nSPS) is 11.0. The van der Waals surface area contributed by atoms with Gasteiger partial charge in [-0.1, -0.05) is 0 Å². The van der Waals surface area contributed by atoms with Crippen molar-refractivity contribution in [3.8, 4) is 17.6 Å². The maximum absolute atomic E-state index is 10.9. The van der Waals surface area contributed by atoms with Crippen LogP contribution >= 0.6 is 0 Å². The number of aryl methyl sites for hydroxylation is 1. The monoisotopic (exact) mass is 325 g/mol. The molecule has 0 saturated carbocycles. The van der Waals surface area contributed by atoms with Gasteiger partial charge in [0.1, 0.15) is 23.6 Å². The van der Waals surface area contributed by atoms with Crippen LogP contribution in [0.15, 0.2) is 34.0 Å². The lowest BCUT2D eigenvalue weighted by Crippen LogP contribution is -2.00. The van der Waals surface area contributed by atoms with Crippen LogP contribution in [0.3, 0.4) is 0 Å². The molecule has 3 aromatic rings. The molecule has 0 saturated heterocycles. The summed E-state index contributed by atoms with van der Waals surface area (Å²) in [6, 6.07) is 5.46. The molecule has 0 aliphatic carbocycles. The molecule has 0 spiro atoms. The average molecular weight is 325 g/mol. The van der Waals surface area contributed by atoms with E-state index in [1.165, 1.54) is 28.8 Å². The Balaban J connectivity index is 2.10. The summed E-state index contributed by atoms with van der Waals surface area (Å²) in [4.78, 5) is 18.6. The minimum atomic E-state index is -0.554. The number of nitro groups is 1. The summed E-state index contributed by atoms with van der Waals surface area (Å²) in [5, 5.41) is 24.6. The van der Waals surface area contributed by atoms with Gasteiger partial charge >= 0.3 is 5.82 Å². The molecule has 3 heterocycles. The number of hydrogen-bond donors (Lipinski definition) is 0. The number of hydrogen-bond acceptors (Lipinski definition) is 7. The fraction of sp³-hybridized carbons (Fsp3) is 0.143. The van der Waals surface area contributed by atoms with Gasteiger partial charge in [-0.2, -0.15) is 10.4 Å². The number of imidazole rings is 1. The van der Waals surface area contributed by atoms with Crippen molar-refractivity contribution in [2.75, 3.05) is 0 Å².